The lowest BCUT2D eigenvalue weighted by Gasteiger charge is -2.13. The number of carbonyl (C=O) groups excluding carboxylic acids is 1. The average molecular weight is 330 g/mol. The number of fused-ring (bicyclic) bond motifs is 1. The maximum absolute atomic E-state index is 13.0. The van der Waals surface area contributed by atoms with Gasteiger partial charge in [-0.25, -0.2) is 0 Å². The maximum Gasteiger partial charge on any atom is 0.416 e. The number of carbonyl (C=O) groups is 1. The maximum atomic E-state index is 13.0. The molecule has 0 aliphatic rings. The molecule has 1 aromatic heterocycles. The van der Waals surface area contributed by atoms with Gasteiger partial charge in [0.2, 0.25) is 0 Å². The van der Waals surface area contributed by atoms with Gasteiger partial charge in [-0.15, -0.1) is 0 Å². The molecular formula is C18H13F3N2O. The Bertz CT molecular complexity index is 914. The molecule has 3 rings (SSSR count). The number of para-hydroxylation sites is 1. The van der Waals surface area contributed by atoms with Crippen LogP contribution in [0.25, 0.3) is 10.9 Å². The fraction of sp³-hybridized carbons (Fsp3) is 0.111. The molecule has 1 heterocycles. The fourth-order valence-corrected chi connectivity index (χ4v) is 2.50. The molecule has 0 aliphatic carbocycles. The quantitative estimate of drug-likeness (QED) is 0.732. The minimum atomic E-state index is -4.46. The third kappa shape index (κ3) is 3.08. The van der Waals surface area contributed by atoms with Crippen LogP contribution in [0.3, 0.4) is 0 Å². The number of anilines is 1. The molecule has 0 saturated carbocycles. The van der Waals surface area contributed by atoms with Crippen molar-refractivity contribution < 1.29 is 18.0 Å². The normalized spacial score (nSPS) is 11.5. The summed E-state index contributed by atoms with van der Waals surface area (Å²) in [6, 6.07) is 12.3. The number of benzene rings is 2. The topological polar surface area (TPSA) is 42.0 Å². The lowest BCUT2D eigenvalue weighted by molar-refractivity contribution is -0.138. The largest absolute Gasteiger partial charge is 0.416 e. The summed E-state index contributed by atoms with van der Waals surface area (Å²) in [5.41, 5.74) is 0.438. The zero-order valence-corrected chi connectivity index (χ0v) is 12.7. The Morgan fingerprint density at radius 2 is 1.83 bits per heavy atom. The van der Waals surface area contributed by atoms with E-state index in [-0.39, 0.29) is 11.3 Å². The van der Waals surface area contributed by atoms with E-state index in [0.29, 0.717) is 16.5 Å². The van der Waals surface area contributed by atoms with Gasteiger partial charge in [0.15, 0.2) is 0 Å². The number of amides is 1. The molecule has 0 bridgehead atoms. The number of rotatable bonds is 2. The highest BCUT2D eigenvalue weighted by Crippen LogP contribution is 2.33. The number of nitrogens with zero attached hydrogens (tertiary/aromatic N) is 1. The molecule has 1 amide bonds. The van der Waals surface area contributed by atoms with Crippen molar-refractivity contribution in [2.75, 3.05) is 5.32 Å². The van der Waals surface area contributed by atoms with Crippen molar-refractivity contribution in [3.8, 4) is 0 Å². The molecule has 6 heteroatoms. The van der Waals surface area contributed by atoms with Crippen LogP contribution < -0.4 is 5.32 Å². The first-order valence-electron chi connectivity index (χ1n) is 7.19. The number of halogens is 3. The summed E-state index contributed by atoms with van der Waals surface area (Å²) in [6.45, 7) is 1.38. The molecule has 3 aromatic rings. The van der Waals surface area contributed by atoms with Crippen LogP contribution in [0.5, 0.6) is 0 Å². The number of pyridine rings is 1. The van der Waals surface area contributed by atoms with Crippen LogP contribution in [0, 0.1) is 6.92 Å². The van der Waals surface area contributed by atoms with E-state index >= 15 is 0 Å². The summed E-state index contributed by atoms with van der Waals surface area (Å²) in [4.78, 5) is 16.6. The van der Waals surface area contributed by atoms with Crippen LogP contribution in [0.1, 0.15) is 21.5 Å². The van der Waals surface area contributed by atoms with Crippen LogP contribution >= 0.6 is 0 Å². The first-order chi connectivity index (χ1) is 11.4. The van der Waals surface area contributed by atoms with Crippen molar-refractivity contribution in [3.05, 3.63) is 71.4 Å². The van der Waals surface area contributed by atoms with Gasteiger partial charge in [0.25, 0.3) is 5.91 Å². The van der Waals surface area contributed by atoms with E-state index in [0.717, 1.165) is 6.07 Å². The van der Waals surface area contributed by atoms with Gasteiger partial charge in [-0.2, -0.15) is 13.2 Å². The second-order valence-electron chi connectivity index (χ2n) is 5.36. The van der Waals surface area contributed by atoms with E-state index in [1.165, 1.54) is 31.3 Å². The standard InChI is InChI=1S/C18H13F3N2O/c1-11-6-7-12(10-15(11)18(19,20)21)23-17(24)14-8-9-22-16-5-3-2-4-13(14)16/h2-10H,1H3,(H,23,24). The molecule has 3 nitrogen and oxygen atoms in total. The van der Waals surface area contributed by atoms with Crippen LogP contribution in [0.15, 0.2) is 54.7 Å². The summed E-state index contributed by atoms with van der Waals surface area (Å²) in [6.07, 6.45) is -2.97. The SMILES string of the molecule is Cc1ccc(NC(=O)c2ccnc3ccccc23)cc1C(F)(F)F. The molecule has 0 radical (unpaired) electrons. The van der Waals surface area contributed by atoms with Gasteiger partial charge < -0.3 is 5.32 Å². The summed E-state index contributed by atoms with van der Waals surface area (Å²) < 4.78 is 38.9. The molecule has 1 N–H and O–H groups in total. The first kappa shape index (κ1) is 16.0. The molecule has 0 aliphatic heterocycles. The minimum Gasteiger partial charge on any atom is -0.322 e. The lowest BCUT2D eigenvalue weighted by Crippen LogP contribution is -2.14. The Labute approximate surface area is 136 Å². The van der Waals surface area contributed by atoms with Gasteiger partial charge in [0.1, 0.15) is 0 Å². The molecule has 0 fully saturated rings. The Morgan fingerprint density at radius 3 is 2.58 bits per heavy atom. The van der Waals surface area contributed by atoms with Crippen LogP contribution in [0.4, 0.5) is 18.9 Å². The molecule has 24 heavy (non-hydrogen) atoms. The Hall–Kier alpha value is -2.89. The van der Waals surface area contributed by atoms with Gasteiger partial charge in [-0.05, 0) is 36.8 Å². The van der Waals surface area contributed by atoms with Gasteiger partial charge in [0, 0.05) is 17.3 Å². The third-order valence-electron chi connectivity index (χ3n) is 3.69. The van der Waals surface area contributed by atoms with E-state index in [1.807, 2.05) is 0 Å². The van der Waals surface area contributed by atoms with E-state index in [4.69, 9.17) is 0 Å². The molecule has 2 aromatic carbocycles. The predicted molar refractivity (Wildman–Crippen MR) is 85.9 cm³/mol. The first-order valence-corrected chi connectivity index (χ1v) is 7.19. The highest BCUT2D eigenvalue weighted by Gasteiger charge is 2.32. The number of aromatic nitrogens is 1. The summed E-state index contributed by atoms with van der Waals surface area (Å²) in [5.74, 6) is -0.481. The van der Waals surface area contributed by atoms with Gasteiger partial charge in [-0.3, -0.25) is 9.78 Å². The third-order valence-corrected chi connectivity index (χ3v) is 3.69. The van der Waals surface area contributed by atoms with Crippen molar-refractivity contribution in [2.24, 2.45) is 0 Å². The van der Waals surface area contributed by atoms with Crippen molar-refractivity contribution in [2.45, 2.75) is 13.1 Å². The fourth-order valence-electron chi connectivity index (χ4n) is 2.50. The van der Waals surface area contributed by atoms with Gasteiger partial charge >= 0.3 is 6.18 Å². The highest BCUT2D eigenvalue weighted by molar-refractivity contribution is 6.12. The van der Waals surface area contributed by atoms with Crippen molar-refractivity contribution in [1.82, 2.24) is 4.98 Å². The second kappa shape index (κ2) is 5.96. The molecule has 0 atom stereocenters. The van der Waals surface area contributed by atoms with Crippen LogP contribution in [-0.2, 0) is 6.18 Å². The number of aryl methyl sites for hydroxylation is 1. The zero-order valence-electron chi connectivity index (χ0n) is 12.7. The van der Waals surface area contributed by atoms with E-state index in [1.54, 1.807) is 24.3 Å². The second-order valence-corrected chi connectivity index (χ2v) is 5.36. The highest BCUT2D eigenvalue weighted by atomic mass is 19.4. The Morgan fingerprint density at radius 1 is 1.08 bits per heavy atom. The van der Waals surface area contributed by atoms with E-state index < -0.39 is 17.6 Å². The molecular weight excluding hydrogens is 317 g/mol. The van der Waals surface area contributed by atoms with Gasteiger partial charge in [-0.1, -0.05) is 24.3 Å². The summed E-state index contributed by atoms with van der Waals surface area (Å²) in [5, 5.41) is 3.16. The van der Waals surface area contributed by atoms with Crippen molar-refractivity contribution in [1.29, 1.82) is 0 Å². The smallest absolute Gasteiger partial charge is 0.322 e. The van der Waals surface area contributed by atoms with Gasteiger partial charge in [0.05, 0.1) is 16.6 Å². The average Bonchev–Trinajstić information content (AvgIpc) is 2.55. The summed E-state index contributed by atoms with van der Waals surface area (Å²) >= 11 is 0. The zero-order chi connectivity index (χ0) is 17.3. The molecule has 0 saturated heterocycles. The van der Waals surface area contributed by atoms with E-state index in [9.17, 15) is 18.0 Å². The molecule has 0 unspecified atom stereocenters. The Balaban J connectivity index is 1.95. The van der Waals surface area contributed by atoms with Crippen molar-refractivity contribution >= 4 is 22.5 Å². The minimum absolute atomic E-state index is 0.0961. The van der Waals surface area contributed by atoms with E-state index in [2.05, 4.69) is 10.3 Å². The predicted octanol–water partition coefficient (Wildman–Crippen LogP) is 4.81. The van der Waals surface area contributed by atoms with Crippen LogP contribution in [0.2, 0.25) is 0 Å². The number of hydrogen-bond acceptors (Lipinski definition) is 2. The number of alkyl halides is 3. The molecule has 122 valence electrons. The lowest BCUT2D eigenvalue weighted by atomic mass is 10.1. The summed E-state index contributed by atoms with van der Waals surface area (Å²) in [7, 11) is 0. The van der Waals surface area contributed by atoms with Crippen LogP contribution in [-0.4, -0.2) is 10.9 Å². The monoisotopic (exact) mass is 330 g/mol. The number of hydrogen-bond donors (Lipinski definition) is 1. The molecule has 0 spiro atoms. The Kier molecular flexibility index (Phi) is 3.97. The van der Waals surface area contributed by atoms with Crippen molar-refractivity contribution in [3.63, 3.8) is 0 Å². The number of nitrogens with one attached hydrogen (secondary N) is 1.